The molecule has 0 atom stereocenters. The molecular weight excluding hydrogens is 312 g/mol. The van der Waals surface area contributed by atoms with Crippen molar-refractivity contribution in [3.05, 3.63) is 46.4 Å². The smallest absolute Gasteiger partial charge is 0.269 e. The van der Waals surface area contributed by atoms with Crippen LogP contribution in [0.1, 0.15) is 26.6 Å². The van der Waals surface area contributed by atoms with Crippen molar-refractivity contribution in [1.29, 1.82) is 0 Å². The highest BCUT2D eigenvalue weighted by Gasteiger charge is 2.40. The van der Waals surface area contributed by atoms with Gasteiger partial charge >= 0.3 is 0 Å². The van der Waals surface area contributed by atoms with Gasteiger partial charge in [0.15, 0.2) is 10.8 Å². The Morgan fingerprint density at radius 1 is 1.29 bits per heavy atom. The molecule has 108 valence electrons. The van der Waals surface area contributed by atoms with Gasteiger partial charge in [0.1, 0.15) is 4.90 Å². The van der Waals surface area contributed by atoms with Gasteiger partial charge in [-0.3, -0.25) is 9.59 Å². The van der Waals surface area contributed by atoms with Crippen LogP contribution in [0.25, 0.3) is 0 Å². The van der Waals surface area contributed by atoms with Gasteiger partial charge in [0.25, 0.3) is 15.9 Å². The van der Waals surface area contributed by atoms with Crippen LogP contribution >= 0.6 is 11.3 Å². The van der Waals surface area contributed by atoms with Crippen LogP contribution in [0.5, 0.6) is 0 Å². The minimum atomic E-state index is -3.85. The molecule has 0 saturated carbocycles. The highest BCUT2D eigenvalue weighted by molar-refractivity contribution is 7.90. The van der Waals surface area contributed by atoms with Crippen molar-refractivity contribution in [2.24, 2.45) is 0 Å². The van der Waals surface area contributed by atoms with Gasteiger partial charge in [-0.15, -0.1) is 11.3 Å². The number of carbonyl (C=O) groups is 2. The molecule has 0 unspecified atom stereocenters. The molecule has 2 heterocycles. The summed E-state index contributed by atoms with van der Waals surface area (Å²) < 4.78 is 25.3. The lowest BCUT2D eigenvalue weighted by Crippen LogP contribution is -2.32. The van der Waals surface area contributed by atoms with E-state index in [0.29, 0.717) is 5.01 Å². The number of rotatable bonds is 4. The van der Waals surface area contributed by atoms with Gasteiger partial charge in [0, 0.05) is 24.5 Å². The minimum Gasteiger partial charge on any atom is -0.291 e. The third kappa shape index (κ3) is 2.26. The molecule has 2 aromatic rings. The lowest BCUT2D eigenvalue weighted by atomic mass is 10.2. The van der Waals surface area contributed by atoms with Crippen molar-refractivity contribution in [2.75, 3.05) is 6.54 Å². The Morgan fingerprint density at radius 3 is 2.71 bits per heavy atom. The first kappa shape index (κ1) is 13.9. The third-order valence-electron chi connectivity index (χ3n) is 3.12. The molecule has 6 nitrogen and oxygen atoms in total. The van der Waals surface area contributed by atoms with E-state index >= 15 is 0 Å². The Kier molecular flexibility index (Phi) is 3.34. The van der Waals surface area contributed by atoms with Crippen molar-refractivity contribution in [2.45, 2.75) is 11.3 Å². The normalized spacial score (nSPS) is 16.0. The van der Waals surface area contributed by atoms with E-state index in [9.17, 15) is 18.0 Å². The number of hydrogen-bond acceptors (Lipinski definition) is 6. The number of thiazole rings is 1. The average Bonchev–Trinajstić information content (AvgIpc) is 3.06. The zero-order chi connectivity index (χ0) is 15.0. The molecule has 0 saturated heterocycles. The van der Waals surface area contributed by atoms with Crippen molar-refractivity contribution in [3.63, 3.8) is 0 Å². The van der Waals surface area contributed by atoms with E-state index in [-0.39, 0.29) is 29.2 Å². The summed E-state index contributed by atoms with van der Waals surface area (Å²) in [5.41, 5.74) is 0.152. The molecule has 0 fully saturated rings. The minimum absolute atomic E-state index is 0.00306. The van der Waals surface area contributed by atoms with Gasteiger partial charge in [-0.05, 0) is 12.1 Å². The summed E-state index contributed by atoms with van der Waals surface area (Å²) >= 11 is 1.19. The predicted octanol–water partition coefficient (Wildman–Crippen LogP) is 1.56. The lowest BCUT2D eigenvalue weighted by molar-refractivity contribution is 0.0860. The quantitative estimate of drug-likeness (QED) is 0.798. The number of ketones is 1. The molecule has 0 bridgehead atoms. The van der Waals surface area contributed by atoms with E-state index in [4.69, 9.17) is 0 Å². The zero-order valence-corrected chi connectivity index (χ0v) is 12.4. The van der Waals surface area contributed by atoms with Crippen molar-refractivity contribution >= 4 is 33.1 Å². The van der Waals surface area contributed by atoms with Crippen molar-refractivity contribution in [1.82, 2.24) is 9.29 Å². The molecule has 0 aliphatic carbocycles. The summed E-state index contributed by atoms with van der Waals surface area (Å²) in [4.78, 5) is 27.9. The SMILES string of the molecule is O=C(CCN1C(=O)c2ccccc2S1(=O)=O)c1nccs1. The topological polar surface area (TPSA) is 84.4 Å². The summed E-state index contributed by atoms with van der Waals surface area (Å²) in [6.45, 7) is -0.172. The first-order valence-electron chi connectivity index (χ1n) is 6.10. The molecule has 1 aliphatic heterocycles. The Morgan fingerprint density at radius 2 is 2.05 bits per heavy atom. The average molecular weight is 322 g/mol. The molecule has 0 N–H and O–H groups in total. The number of benzene rings is 1. The first-order valence-corrected chi connectivity index (χ1v) is 8.42. The van der Waals surface area contributed by atoms with Gasteiger partial charge in [-0.25, -0.2) is 17.7 Å². The maximum Gasteiger partial charge on any atom is 0.269 e. The number of aromatic nitrogens is 1. The van der Waals surface area contributed by atoms with Crippen LogP contribution < -0.4 is 0 Å². The van der Waals surface area contributed by atoms with E-state index < -0.39 is 15.9 Å². The number of carbonyl (C=O) groups excluding carboxylic acids is 2. The molecule has 3 rings (SSSR count). The second-order valence-electron chi connectivity index (χ2n) is 4.39. The predicted molar refractivity (Wildman–Crippen MR) is 75.7 cm³/mol. The van der Waals surface area contributed by atoms with E-state index in [1.807, 2.05) is 0 Å². The van der Waals surface area contributed by atoms with Gasteiger partial charge in [-0.1, -0.05) is 12.1 Å². The molecule has 8 heteroatoms. The number of nitrogens with zero attached hydrogens (tertiary/aromatic N) is 2. The van der Waals surface area contributed by atoms with Crippen LogP contribution in [0.4, 0.5) is 0 Å². The Balaban J connectivity index is 1.82. The van der Waals surface area contributed by atoms with Gasteiger partial charge in [0.05, 0.1) is 5.56 Å². The fourth-order valence-electron chi connectivity index (χ4n) is 2.12. The van der Waals surface area contributed by atoms with Crippen LogP contribution in [-0.4, -0.2) is 35.9 Å². The summed E-state index contributed by atoms with van der Waals surface area (Å²) in [6, 6.07) is 6.04. The Bertz CT molecular complexity index is 812. The zero-order valence-electron chi connectivity index (χ0n) is 10.7. The molecule has 1 aromatic heterocycles. The highest BCUT2D eigenvalue weighted by Crippen LogP contribution is 2.30. The van der Waals surface area contributed by atoms with Gasteiger partial charge in [0.2, 0.25) is 0 Å². The van der Waals surface area contributed by atoms with E-state index in [0.717, 1.165) is 4.31 Å². The fourth-order valence-corrected chi connectivity index (χ4v) is 4.30. The standard InChI is InChI=1S/C13H10N2O4S2/c16-10(12-14-6-8-20-12)5-7-15-13(17)9-3-1-2-4-11(9)21(15,18)19/h1-4,6,8H,5,7H2. The van der Waals surface area contributed by atoms with Crippen LogP contribution in [-0.2, 0) is 10.0 Å². The van der Waals surface area contributed by atoms with Gasteiger partial charge in [-0.2, -0.15) is 0 Å². The van der Waals surface area contributed by atoms with Crippen molar-refractivity contribution < 1.29 is 18.0 Å². The maximum absolute atomic E-state index is 12.3. The van der Waals surface area contributed by atoms with Crippen molar-refractivity contribution in [3.8, 4) is 0 Å². The number of sulfonamides is 1. The molecular formula is C13H10N2O4S2. The Labute approximate surface area is 125 Å². The summed E-state index contributed by atoms with van der Waals surface area (Å²) in [5, 5.41) is 1.98. The lowest BCUT2D eigenvalue weighted by Gasteiger charge is -2.13. The molecule has 0 radical (unpaired) electrons. The second-order valence-corrected chi connectivity index (χ2v) is 7.11. The maximum atomic E-state index is 12.3. The van der Waals surface area contributed by atoms with Gasteiger partial charge < -0.3 is 0 Å². The second kappa shape index (κ2) is 5.05. The number of amides is 1. The highest BCUT2D eigenvalue weighted by atomic mass is 32.2. The number of hydrogen-bond donors (Lipinski definition) is 0. The molecule has 1 aromatic carbocycles. The van der Waals surface area contributed by atoms with Crippen LogP contribution in [0, 0.1) is 0 Å². The largest absolute Gasteiger partial charge is 0.291 e. The first-order chi connectivity index (χ1) is 10.0. The fraction of sp³-hybridized carbons (Fsp3) is 0.154. The van der Waals surface area contributed by atoms with E-state index in [1.165, 1.54) is 29.7 Å². The van der Waals surface area contributed by atoms with Crippen LogP contribution in [0.3, 0.4) is 0 Å². The molecule has 1 aliphatic rings. The number of Topliss-reactive ketones (excluding diaryl/α,β-unsaturated/α-hetero) is 1. The number of fused-ring (bicyclic) bond motifs is 1. The molecule has 21 heavy (non-hydrogen) atoms. The summed E-state index contributed by atoms with van der Waals surface area (Å²) in [6.07, 6.45) is 1.43. The summed E-state index contributed by atoms with van der Waals surface area (Å²) in [5.74, 6) is -0.860. The van der Waals surface area contributed by atoms with Crippen LogP contribution in [0.2, 0.25) is 0 Å². The summed E-state index contributed by atoms with van der Waals surface area (Å²) in [7, 11) is -3.85. The molecule has 0 spiro atoms. The third-order valence-corrected chi connectivity index (χ3v) is 5.78. The van der Waals surface area contributed by atoms with E-state index in [1.54, 1.807) is 17.5 Å². The van der Waals surface area contributed by atoms with E-state index in [2.05, 4.69) is 4.98 Å². The Hall–Kier alpha value is -2.06. The monoisotopic (exact) mass is 322 g/mol. The van der Waals surface area contributed by atoms with Crippen LogP contribution in [0.15, 0.2) is 40.7 Å². The molecule has 1 amide bonds.